The van der Waals surface area contributed by atoms with Gasteiger partial charge in [-0.25, -0.2) is 0 Å². The van der Waals surface area contributed by atoms with E-state index in [1.807, 2.05) is 0 Å². The molecule has 574 valence electrons. The van der Waals surface area contributed by atoms with E-state index in [0.29, 0.717) is 0 Å². The van der Waals surface area contributed by atoms with Crippen LogP contribution in [0.15, 0.2) is 0 Å². The summed E-state index contributed by atoms with van der Waals surface area (Å²) in [5, 5.41) is 0. The van der Waals surface area contributed by atoms with Gasteiger partial charge in [-0.3, -0.25) is 0 Å². The molecule has 0 aromatic rings. The maximum atomic E-state index is 7.03. The summed E-state index contributed by atoms with van der Waals surface area (Å²) in [6.07, 6.45) is -35.9. The zero-order valence-corrected chi connectivity index (χ0v) is 60.4. The number of rotatable bonds is 28. The molecule has 21 rings (SSSR count). The van der Waals surface area contributed by atoms with E-state index in [1.165, 1.54) is 149 Å². The molecule has 21 aliphatic rings. The van der Waals surface area contributed by atoms with E-state index in [1.54, 1.807) is 0 Å². The summed E-state index contributed by atoms with van der Waals surface area (Å²) in [4.78, 5) is 0. The largest absolute Gasteiger partial charge is 0.382 e. The molecule has 21 aliphatic heterocycles. The third-order valence-electron chi connectivity index (χ3n) is 19.3. The fourth-order valence-corrected chi connectivity index (χ4v) is 14.9. The van der Waals surface area contributed by atoms with E-state index < -0.39 is 215 Å². The van der Waals surface area contributed by atoms with Crippen LogP contribution in [0.1, 0.15) is 0 Å². The van der Waals surface area contributed by atoms with Crippen LogP contribution in [0.25, 0.3) is 0 Å². The minimum Gasteiger partial charge on any atom is -0.382 e. The van der Waals surface area contributed by atoms with Crippen molar-refractivity contribution in [3.8, 4) is 0 Å². The molecule has 0 aromatic carbocycles. The average Bonchev–Trinajstić information content (AvgIpc) is 0.768. The second kappa shape index (κ2) is 40.4. The Hall–Kier alpha value is -1.40. The van der Waals surface area contributed by atoms with Crippen LogP contribution in [0, 0.1) is 0 Å². The highest BCUT2D eigenvalue weighted by atomic mass is 16.8. The lowest BCUT2D eigenvalue weighted by Gasteiger charge is -2.52. The van der Waals surface area contributed by atoms with Gasteiger partial charge in [-0.05, 0) is 0 Å². The molecule has 35 heteroatoms. The monoisotopic (exact) mass is 1430 g/mol. The lowest BCUT2D eigenvalue weighted by atomic mass is 9.94. The first-order chi connectivity index (χ1) is 47.7. The Morgan fingerprint density at radius 2 is 0.245 bits per heavy atom. The Morgan fingerprint density at radius 3 is 0.327 bits per heavy atom. The van der Waals surface area contributed by atoms with E-state index >= 15 is 0 Å². The van der Waals surface area contributed by atoms with E-state index in [2.05, 4.69) is 0 Å². The first-order valence-corrected chi connectivity index (χ1v) is 32.7. The highest BCUT2D eigenvalue weighted by Gasteiger charge is 2.62. The van der Waals surface area contributed by atoms with Crippen molar-refractivity contribution < 1.29 is 166 Å². The second-order valence-corrected chi connectivity index (χ2v) is 24.5. The van der Waals surface area contributed by atoms with Gasteiger partial charge in [0, 0.05) is 149 Å². The van der Waals surface area contributed by atoms with Gasteiger partial charge in [0.2, 0.25) is 0 Å². The molecule has 98 heavy (non-hydrogen) atoms. The van der Waals surface area contributed by atoms with Gasteiger partial charge in [-0.1, -0.05) is 0 Å². The zero-order valence-electron chi connectivity index (χ0n) is 60.4. The van der Waals surface area contributed by atoms with Crippen LogP contribution in [0.3, 0.4) is 0 Å². The van der Waals surface area contributed by atoms with Gasteiger partial charge in [0.05, 0.1) is 46.2 Å². The van der Waals surface area contributed by atoms with Crippen LogP contribution in [0.5, 0.6) is 0 Å². The van der Waals surface area contributed by atoms with Crippen molar-refractivity contribution in [3.05, 3.63) is 0 Å². The molecule has 21 fully saturated rings. The van der Waals surface area contributed by atoms with Crippen molar-refractivity contribution in [2.75, 3.05) is 196 Å². The molecule has 14 bridgehead atoms. The maximum absolute atomic E-state index is 7.03. The minimum absolute atomic E-state index is 0.0381. The molecule has 21 saturated heterocycles. The fraction of sp³-hybridized carbons (Fsp3) is 1.00. The van der Waals surface area contributed by atoms with E-state index in [-0.39, 0.29) is 46.2 Å². The smallest absolute Gasteiger partial charge is 0.187 e. The molecule has 35 nitrogen and oxygen atoms in total. The summed E-state index contributed by atoms with van der Waals surface area (Å²) in [6.45, 7) is -0.267. The summed E-state index contributed by atoms with van der Waals surface area (Å²) in [5.41, 5.74) is 0. The summed E-state index contributed by atoms with van der Waals surface area (Å²) in [7, 11) is 31.7. The molecule has 21 heterocycles. The van der Waals surface area contributed by atoms with Gasteiger partial charge in [0.1, 0.15) is 171 Å². The molecular weight excluding hydrogens is 1320 g/mol. The standard InChI is InChI=1S/C63H112O35/c1-64-22-29-36-43(71-8)50(78-15)57(85-29)93-37-30(23-65-2)87-59(52(80-17)44(37)72-9)95-39-32(25-67-4)89-61(54(82-19)46(39)74-11)97-41-34(27-69-6)91-63(56(84-21)48(41)76-13)98-42-35(28-70-7)90-62(55(83-20)49(42)77-14)96-40-33(26-68-5)88-60(53(81-18)47(40)75-12)94-38-31(24-66-3)86-58(92-36)51(79-16)45(38)73-10/h29-63H,22-28H2,1-21H3/t29-,30-,31-,32-,33-,34-,35-,36?,37?,38?,39?,40?,41?,42?,43+,44+,45+,46+,47+,48+,49+,50-,51-,52-,53-,54-,55-,56-,57?,58?,59?,60?,61?,62?,63?/m1/s1. The molecule has 0 radical (unpaired) electrons. The Balaban J connectivity index is 1.23. The molecule has 14 unspecified atom stereocenters. The fourth-order valence-electron chi connectivity index (χ4n) is 14.9. The molecule has 0 saturated carbocycles. The predicted molar refractivity (Wildman–Crippen MR) is 329 cm³/mol. The topological polar surface area (TPSA) is 323 Å². The van der Waals surface area contributed by atoms with Crippen LogP contribution in [0.4, 0.5) is 0 Å². The quantitative estimate of drug-likeness (QED) is 0.0861. The number of hydrogen-bond donors (Lipinski definition) is 0. The predicted octanol–water partition coefficient (Wildman–Crippen LogP) is -1.49. The van der Waals surface area contributed by atoms with E-state index in [4.69, 9.17) is 166 Å². The molecule has 0 aromatic heterocycles. The van der Waals surface area contributed by atoms with Crippen molar-refractivity contribution in [3.63, 3.8) is 0 Å². The molecule has 0 aliphatic carbocycles. The molecule has 0 N–H and O–H groups in total. The van der Waals surface area contributed by atoms with Crippen molar-refractivity contribution >= 4 is 0 Å². The number of hydrogen-bond acceptors (Lipinski definition) is 35. The average molecular weight is 1430 g/mol. The third-order valence-corrected chi connectivity index (χ3v) is 19.3. The Labute approximate surface area is 574 Å². The van der Waals surface area contributed by atoms with Gasteiger partial charge in [-0.15, -0.1) is 0 Å². The molecule has 0 spiro atoms. The molecular formula is C63H112O35. The summed E-state index contributed by atoms with van der Waals surface area (Å²) in [6, 6.07) is 0. The van der Waals surface area contributed by atoms with Gasteiger partial charge in [0.15, 0.2) is 44.0 Å². The first kappa shape index (κ1) is 82.3. The Bertz CT molecular complexity index is 1800. The highest BCUT2D eigenvalue weighted by Crippen LogP contribution is 2.43. The van der Waals surface area contributed by atoms with Crippen molar-refractivity contribution in [1.82, 2.24) is 0 Å². The van der Waals surface area contributed by atoms with Crippen molar-refractivity contribution in [2.24, 2.45) is 0 Å². The van der Waals surface area contributed by atoms with E-state index in [0.717, 1.165) is 0 Å². The van der Waals surface area contributed by atoms with Crippen molar-refractivity contribution in [2.45, 2.75) is 215 Å². The molecule has 35 atom stereocenters. The lowest BCUT2D eigenvalue weighted by Crippen LogP contribution is -2.69. The van der Waals surface area contributed by atoms with Gasteiger partial charge >= 0.3 is 0 Å². The van der Waals surface area contributed by atoms with Crippen LogP contribution in [-0.4, -0.2) is 410 Å². The summed E-state index contributed by atoms with van der Waals surface area (Å²) in [5.74, 6) is 0. The second-order valence-electron chi connectivity index (χ2n) is 24.5. The van der Waals surface area contributed by atoms with Crippen LogP contribution in [-0.2, 0) is 166 Å². The first-order valence-electron chi connectivity index (χ1n) is 32.7. The van der Waals surface area contributed by atoms with Gasteiger partial charge in [0.25, 0.3) is 0 Å². The number of methoxy groups -OCH3 is 21. The minimum atomic E-state index is -1.22. The highest BCUT2D eigenvalue weighted by molar-refractivity contribution is 5.04. The van der Waals surface area contributed by atoms with Crippen molar-refractivity contribution in [1.29, 1.82) is 0 Å². The Kier molecular flexibility index (Phi) is 33.9. The summed E-state index contributed by atoms with van der Waals surface area (Å²) < 4.78 is 226. The normalized spacial score (nSPS) is 46.1. The Morgan fingerprint density at radius 1 is 0.143 bits per heavy atom. The maximum Gasteiger partial charge on any atom is 0.187 e. The van der Waals surface area contributed by atoms with E-state index in [9.17, 15) is 0 Å². The lowest BCUT2D eigenvalue weighted by molar-refractivity contribution is -0.402. The SMILES string of the molecule is COC[C@H]1OC2OC3[C@@H](COC)OC(OC4[C@@H](COC)OC(OC5[C@@H](COC)OC(OC6[C@@H](COC)OC(OC7[C@@H](COC)OC(OC8[C@@H](COC)OC(OC1[C@H](OC)[C@H]2OC)[C@H](OC)[C@H]8OC)[C@H](OC)[C@H]7OC)[C@H](OC)[C@H]6OC)[C@H](OC)[C@H]5OC)[C@H](OC)[C@H]4OC)[C@H](OC)[C@H]3OC. The van der Waals surface area contributed by atoms with Crippen LogP contribution >= 0.6 is 0 Å². The van der Waals surface area contributed by atoms with Crippen LogP contribution < -0.4 is 0 Å². The van der Waals surface area contributed by atoms with Gasteiger partial charge < -0.3 is 166 Å². The zero-order chi connectivity index (χ0) is 70.9. The van der Waals surface area contributed by atoms with Crippen LogP contribution in [0.2, 0.25) is 0 Å². The summed E-state index contributed by atoms with van der Waals surface area (Å²) >= 11 is 0. The molecule has 0 amide bonds. The van der Waals surface area contributed by atoms with Gasteiger partial charge in [-0.2, -0.15) is 0 Å². The number of ether oxygens (including phenoxy) is 35. The third kappa shape index (κ3) is 17.8.